The van der Waals surface area contributed by atoms with Crippen LogP contribution in [0.15, 0.2) is 59.8 Å². The second-order valence-corrected chi connectivity index (χ2v) is 8.10. The molecule has 1 aliphatic heterocycles. The molecule has 0 N–H and O–H groups in total. The second-order valence-electron chi connectivity index (χ2n) is 7.67. The minimum absolute atomic E-state index is 0.00759. The summed E-state index contributed by atoms with van der Waals surface area (Å²) in [5.41, 5.74) is 4.23. The number of amides is 1. The maximum atomic E-state index is 13.1. The average Bonchev–Trinajstić information content (AvgIpc) is 2.66. The summed E-state index contributed by atoms with van der Waals surface area (Å²) < 4.78 is 5.53. The number of nitrogens with zero attached hydrogens (tertiary/aromatic N) is 1. The number of aryl methyl sites for hydroxylation is 1. The van der Waals surface area contributed by atoms with Gasteiger partial charge in [-0.2, -0.15) is 0 Å². The van der Waals surface area contributed by atoms with Gasteiger partial charge in [0.05, 0.1) is 18.2 Å². The van der Waals surface area contributed by atoms with Crippen molar-refractivity contribution in [3.05, 3.63) is 81.5 Å². The van der Waals surface area contributed by atoms with E-state index in [4.69, 9.17) is 16.3 Å². The maximum absolute atomic E-state index is 13.1. The van der Waals surface area contributed by atoms with Crippen molar-refractivity contribution < 1.29 is 14.3 Å². The maximum Gasteiger partial charge on any atom is 0.336 e. The zero-order valence-corrected chi connectivity index (χ0v) is 18.0. The molecule has 1 heterocycles. The van der Waals surface area contributed by atoms with Gasteiger partial charge in [0.1, 0.15) is 0 Å². The Morgan fingerprint density at radius 2 is 1.79 bits per heavy atom. The topological polar surface area (TPSA) is 46.6 Å². The van der Waals surface area contributed by atoms with Crippen LogP contribution in [0, 0.1) is 6.92 Å². The molecule has 29 heavy (non-hydrogen) atoms. The predicted molar refractivity (Wildman–Crippen MR) is 114 cm³/mol. The number of halogens is 1. The van der Waals surface area contributed by atoms with Gasteiger partial charge in [0, 0.05) is 23.1 Å². The Hall–Kier alpha value is -2.59. The average molecular weight is 412 g/mol. The first-order valence-corrected chi connectivity index (χ1v) is 10.2. The van der Waals surface area contributed by atoms with E-state index < -0.39 is 0 Å². The zero-order valence-electron chi connectivity index (χ0n) is 17.2. The molecule has 0 saturated carbocycles. The molecule has 1 atom stereocenters. The Balaban J connectivity index is 2.04. The number of carbonyl (C=O) groups is 2. The Kier molecular flexibility index (Phi) is 6.43. The first kappa shape index (κ1) is 21.1. The minimum Gasteiger partial charge on any atom is -0.460 e. The molecule has 4 nitrogen and oxygen atoms in total. The summed E-state index contributed by atoms with van der Waals surface area (Å²) in [6, 6.07) is 15.3. The fraction of sp³-hybridized carbons (Fsp3) is 0.333. The van der Waals surface area contributed by atoms with Crippen molar-refractivity contribution in [2.45, 2.75) is 52.7 Å². The van der Waals surface area contributed by atoms with Crippen molar-refractivity contribution in [2.75, 3.05) is 0 Å². The summed E-state index contributed by atoms with van der Waals surface area (Å²) in [5.74, 6) is -0.731. The number of allylic oxidation sites excluding steroid dienone is 1. The van der Waals surface area contributed by atoms with E-state index in [1.54, 1.807) is 17.0 Å². The van der Waals surface area contributed by atoms with Crippen LogP contribution in [-0.4, -0.2) is 22.9 Å². The highest BCUT2D eigenvalue weighted by Crippen LogP contribution is 2.38. The molecule has 1 aliphatic rings. The van der Waals surface area contributed by atoms with E-state index in [-0.39, 0.29) is 30.3 Å². The van der Waals surface area contributed by atoms with Gasteiger partial charge in [0.2, 0.25) is 5.91 Å². The first-order valence-electron chi connectivity index (χ1n) is 9.80. The van der Waals surface area contributed by atoms with Crippen LogP contribution in [0.3, 0.4) is 0 Å². The quantitative estimate of drug-likeness (QED) is 0.619. The van der Waals surface area contributed by atoms with E-state index in [0.717, 1.165) is 16.7 Å². The van der Waals surface area contributed by atoms with Crippen molar-refractivity contribution in [2.24, 2.45) is 0 Å². The highest BCUT2D eigenvalue weighted by molar-refractivity contribution is 6.30. The zero-order chi connectivity index (χ0) is 21.1. The molecule has 0 aliphatic carbocycles. The van der Waals surface area contributed by atoms with Crippen molar-refractivity contribution >= 4 is 23.5 Å². The molecule has 3 rings (SSSR count). The summed E-state index contributed by atoms with van der Waals surface area (Å²) in [6.07, 6.45) is -0.0241. The molecule has 0 saturated heterocycles. The van der Waals surface area contributed by atoms with Crippen LogP contribution in [0.4, 0.5) is 0 Å². The van der Waals surface area contributed by atoms with Gasteiger partial charge in [0.15, 0.2) is 0 Å². The molecule has 1 amide bonds. The Labute approximate surface area is 177 Å². The van der Waals surface area contributed by atoms with E-state index >= 15 is 0 Å². The lowest BCUT2D eigenvalue weighted by atomic mass is 9.83. The normalized spacial score (nSPS) is 17.1. The van der Waals surface area contributed by atoms with Crippen LogP contribution in [0.2, 0.25) is 5.02 Å². The lowest BCUT2D eigenvalue weighted by Gasteiger charge is -2.35. The van der Waals surface area contributed by atoms with E-state index in [2.05, 4.69) is 0 Å². The van der Waals surface area contributed by atoms with Crippen LogP contribution >= 0.6 is 11.6 Å². The van der Waals surface area contributed by atoms with Gasteiger partial charge >= 0.3 is 5.97 Å². The number of benzene rings is 2. The van der Waals surface area contributed by atoms with E-state index in [1.165, 1.54) is 0 Å². The molecule has 152 valence electrons. The number of rotatable bonds is 5. The molecule has 0 aromatic heterocycles. The lowest BCUT2D eigenvalue weighted by molar-refractivity contribution is -0.143. The van der Waals surface area contributed by atoms with Crippen molar-refractivity contribution in [3.63, 3.8) is 0 Å². The van der Waals surface area contributed by atoms with Gasteiger partial charge in [-0.05, 0) is 56.5 Å². The summed E-state index contributed by atoms with van der Waals surface area (Å²) in [4.78, 5) is 27.8. The molecule has 0 radical (unpaired) electrons. The minimum atomic E-state index is -0.375. The SMILES string of the molecule is CC1=C(C(=O)OC(C)C)[C@@H](c2ccc(Cl)cc2)CC(=O)N1Cc1ccccc1C. The van der Waals surface area contributed by atoms with Gasteiger partial charge in [-0.3, -0.25) is 4.79 Å². The van der Waals surface area contributed by atoms with Gasteiger partial charge in [-0.1, -0.05) is 48.0 Å². The number of esters is 1. The first-order chi connectivity index (χ1) is 13.8. The lowest BCUT2D eigenvalue weighted by Crippen LogP contribution is -2.38. The summed E-state index contributed by atoms with van der Waals surface area (Å²) in [7, 11) is 0. The van der Waals surface area contributed by atoms with Crippen LogP contribution in [-0.2, 0) is 20.9 Å². The van der Waals surface area contributed by atoms with E-state index in [1.807, 2.05) is 64.1 Å². The van der Waals surface area contributed by atoms with Crippen LogP contribution in [0.25, 0.3) is 0 Å². The number of hydrogen-bond donors (Lipinski definition) is 0. The summed E-state index contributed by atoms with van der Waals surface area (Å²) >= 11 is 6.03. The standard InChI is InChI=1S/C24H26ClNO3/c1-15(2)29-24(28)23-17(4)26(14-19-8-6-5-7-16(19)3)22(27)13-21(23)18-9-11-20(25)12-10-18/h5-12,15,21H,13-14H2,1-4H3/t21-/m1/s1. The highest BCUT2D eigenvalue weighted by atomic mass is 35.5. The monoisotopic (exact) mass is 411 g/mol. The number of carbonyl (C=O) groups excluding carboxylic acids is 2. The van der Waals surface area contributed by atoms with E-state index in [0.29, 0.717) is 22.8 Å². The number of hydrogen-bond acceptors (Lipinski definition) is 3. The molecule has 2 aromatic rings. The molecule has 5 heteroatoms. The number of ether oxygens (including phenoxy) is 1. The third-order valence-electron chi connectivity index (χ3n) is 5.25. The molecular formula is C24H26ClNO3. The van der Waals surface area contributed by atoms with Crippen LogP contribution in [0.5, 0.6) is 0 Å². The smallest absolute Gasteiger partial charge is 0.336 e. The van der Waals surface area contributed by atoms with Gasteiger partial charge in [-0.25, -0.2) is 4.79 Å². The molecule has 0 fully saturated rings. The fourth-order valence-corrected chi connectivity index (χ4v) is 3.81. The molecule has 0 bridgehead atoms. The van der Waals surface area contributed by atoms with Crippen molar-refractivity contribution in [3.8, 4) is 0 Å². The van der Waals surface area contributed by atoms with Crippen molar-refractivity contribution in [1.82, 2.24) is 4.90 Å². The van der Waals surface area contributed by atoms with Gasteiger partial charge < -0.3 is 9.64 Å². The van der Waals surface area contributed by atoms with Crippen molar-refractivity contribution in [1.29, 1.82) is 0 Å². The predicted octanol–water partition coefficient (Wildman–Crippen LogP) is 5.39. The largest absolute Gasteiger partial charge is 0.460 e. The van der Waals surface area contributed by atoms with Crippen LogP contribution < -0.4 is 0 Å². The molecule has 0 spiro atoms. The third kappa shape index (κ3) is 4.70. The van der Waals surface area contributed by atoms with Gasteiger partial charge in [0.25, 0.3) is 0 Å². The Morgan fingerprint density at radius 3 is 2.41 bits per heavy atom. The van der Waals surface area contributed by atoms with Crippen LogP contribution in [0.1, 0.15) is 49.8 Å². The Morgan fingerprint density at radius 1 is 1.14 bits per heavy atom. The molecular weight excluding hydrogens is 386 g/mol. The summed E-state index contributed by atoms with van der Waals surface area (Å²) in [6.45, 7) is 7.93. The molecule has 2 aromatic carbocycles. The highest BCUT2D eigenvalue weighted by Gasteiger charge is 2.37. The molecule has 0 unspecified atom stereocenters. The van der Waals surface area contributed by atoms with Gasteiger partial charge in [-0.15, -0.1) is 0 Å². The third-order valence-corrected chi connectivity index (χ3v) is 5.50. The Bertz CT molecular complexity index is 947. The second kappa shape index (κ2) is 8.83. The van der Waals surface area contributed by atoms with E-state index in [9.17, 15) is 9.59 Å². The fourth-order valence-electron chi connectivity index (χ4n) is 3.68. The summed E-state index contributed by atoms with van der Waals surface area (Å²) in [5, 5.41) is 0.615.